The summed E-state index contributed by atoms with van der Waals surface area (Å²) in [7, 11) is 0. The van der Waals surface area contributed by atoms with Crippen molar-refractivity contribution in [1.82, 2.24) is 14.5 Å². The molecule has 9 heteroatoms. The number of thioether (sulfide) groups is 1. The van der Waals surface area contributed by atoms with Crippen LogP contribution in [0.2, 0.25) is 10.0 Å². The zero-order valence-corrected chi connectivity index (χ0v) is 19.6. The molecule has 0 atom stereocenters. The Morgan fingerprint density at radius 3 is 2.62 bits per heavy atom. The van der Waals surface area contributed by atoms with Crippen LogP contribution < -0.4 is 10.9 Å². The van der Waals surface area contributed by atoms with Gasteiger partial charge in [0.2, 0.25) is 5.91 Å². The van der Waals surface area contributed by atoms with Gasteiger partial charge in [0.05, 0.1) is 32.4 Å². The topological polar surface area (TPSA) is 76.9 Å². The summed E-state index contributed by atoms with van der Waals surface area (Å²) >= 11 is 13.1. The van der Waals surface area contributed by atoms with Gasteiger partial charge in [-0.2, -0.15) is 0 Å². The van der Waals surface area contributed by atoms with Crippen molar-refractivity contribution in [2.75, 3.05) is 11.1 Å². The van der Waals surface area contributed by atoms with Crippen molar-refractivity contribution in [3.8, 4) is 5.69 Å². The molecule has 0 fully saturated rings. The molecule has 6 nitrogen and oxygen atoms in total. The number of hydrogen-bond acceptors (Lipinski definition) is 5. The first-order valence-corrected chi connectivity index (χ1v) is 11.4. The van der Waals surface area contributed by atoms with E-state index in [1.807, 2.05) is 38.1 Å². The molecular formula is C23H18Cl2N4O2S. The van der Waals surface area contributed by atoms with E-state index in [1.54, 1.807) is 22.8 Å². The van der Waals surface area contributed by atoms with Gasteiger partial charge in [-0.05, 0) is 55.3 Å². The molecule has 2 heterocycles. The lowest BCUT2D eigenvalue weighted by Gasteiger charge is -2.14. The summed E-state index contributed by atoms with van der Waals surface area (Å²) in [5.41, 5.74) is 3.25. The third-order valence-corrected chi connectivity index (χ3v) is 6.33. The fraction of sp³-hybridized carbons (Fsp3) is 0.130. The molecule has 0 aliphatic heterocycles. The van der Waals surface area contributed by atoms with Crippen molar-refractivity contribution < 1.29 is 4.79 Å². The van der Waals surface area contributed by atoms with Gasteiger partial charge in [0.25, 0.3) is 5.56 Å². The van der Waals surface area contributed by atoms with Crippen molar-refractivity contribution in [3.05, 3.63) is 86.3 Å². The largest absolute Gasteiger partial charge is 0.309 e. The van der Waals surface area contributed by atoms with Gasteiger partial charge in [-0.1, -0.05) is 53.2 Å². The summed E-state index contributed by atoms with van der Waals surface area (Å²) in [4.78, 5) is 34.6. The van der Waals surface area contributed by atoms with Crippen LogP contribution in [0.5, 0.6) is 0 Å². The Balaban J connectivity index is 1.68. The average molecular weight is 485 g/mol. The average Bonchev–Trinajstić information content (AvgIpc) is 2.76. The first kappa shape index (κ1) is 22.3. The van der Waals surface area contributed by atoms with Crippen molar-refractivity contribution >= 4 is 57.6 Å². The van der Waals surface area contributed by atoms with Crippen LogP contribution in [0.15, 0.2) is 64.7 Å². The summed E-state index contributed by atoms with van der Waals surface area (Å²) in [6.07, 6.45) is 1.40. The fourth-order valence-electron chi connectivity index (χ4n) is 3.11. The van der Waals surface area contributed by atoms with Gasteiger partial charge in [0.1, 0.15) is 0 Å². The highest BCUT2D eigenvalue weighted by Crippen LogP contribution is 2.25. The first-order valence-electron chi connectivity index (χ1n) is 9.66. The molecule has 32 heavy (non-hydrogen) atoms. The van der Waals surface area contributed by atoms with Gasteiger partial charge in [-0.15, -0.1) is 0 Å². The second kappa shape index (κ2) is 9.32. The Kier molecular flexibility index (Phi) is 6.50. The van der Waals surface area contributed by atoms with Gasteiger partial charge in [-0.25, -0.2) is 9.97 Å². The van der Waals surface area contributed by atoms with E-state index < -0.39 is 0 Å². The minimum Gasteiger partial charge on any atom is -0.309 e. The third-order valence-electron chi connectivity index (χ3n) is 4.89. The minimum absolute atomic E-state index is 0.0102. The number of pyridine rings is 1. The van der Waals surface area contributed by atoms with E-state index in [0.29, 0.717) is 26.8 Å². The number of aryl methyl sites for hydroxylation is 2. The lowest BCUT2D eigenvalue weighted by atomic mass is 10.1. The Morgan fingerprint density at radius 1 is 1.09 bits per heavy atom. The Hall–Kier alpha value is -2.87. The van der Waals surface area contributed by atoms with Crippen LogP contribution in [0.4, 0.5) is 5.82 Å². The smallest absolute Gasteiger partial charge is 0.266 e. The Labute approximate surface area is 198 Å². The van der Waals surface area contributed by atoms with E-state index >= 15 is 0 Å². The summed E-state index contributed by atoms with van der Waals surface area (Å²) in [5, 5.41) is 4.21. The number of carbonyl (C=O) groups excluding carboxylic acids is 1. The van der Waals surface area contributed by atoms with Gasteiger partial charge in [-0.3, -0.25) is 14.2 Å². The van der Waals surface area contributed by atoms with Crippen molar-refractivity contribution in [2.24, 2.45) is 0 Å². The molecule has 0 unspecified atom stereocenters. The van der Waals surface area contributed by atoms with Gasteiger partial charge in [0, 0.05) is 6.20 Å². The number of carbonyl (C=O) groups is 1. The molecule has 0 spiro atoms. The maximum atomic E-state index is 13.3. The number of para-hydroxylation sites is 1. The molecular weight excluding hydrogens is 467 g/mol. The summed E-state index contributed by atoms with van der Waals surface area (Å²) in [5.74, 6) is -0.101. The van der Waals surface area contributed by atoms with Crippen LogP contribution in [0.25, 0.3) is 16.6 Å². The molecule has 4 rings (SSSR count). The van der Waals surface area contributed by atoms with E-state index in [9.17, 15) is 9.59 Å². The Morgan fingerprint density at radius 2 is 1.88 bits per heavy atom. The highest BCUT2D eigenvalue weighted by Gasteiger charge is 2.16. The predicted molar refractivity (Wildman–Crippen MR) is 130 cm³/mol. The molecule has 4 aromatic rings. The van der Waals surface area contributed by atoms with Crippen molar-refractivity contribution in [3.63, 3.8) is 0 Å². The first-order chi connectivity index (χ1) is 15.3. The molecule has 2 aromatic carbocycles. The highest BCUT2D eigenvalue weighted by atomic mass is 35.5. The summed E-state index contributed by atoms with van der Waals surface area (Å²) in [6, 6.07) is 14.4. The molecule has 0 bridgehead atoms. The lowest BCUT2D eigenvalue weighted by Crippen LogP contribution is -2.23. The van der Waals surface area contributed by atoms with Crippen LogP contribution in [0.3, 0.4) is 0 Å². The van der Waals surface area contributed by atoms with Crippen molar-refractivity contribution in [2.45, 2.75) is 19.0 Å². The van der Waals surface area contributed by atoms with Crippen LogP contribution in [0.1, 0.15) is 11.1 Å². The maximum Gasteiger partial charge on any atom is 0.266 e. The molecule has 0 aliphatic carbocycles. The molecule has 0 saturated carbocycles. The summed E-state index contributed by atoms with van der Waals surface area (Å²) < 4.78 is 1.54. The van der Waals surface area contributed by atoms with Gasteiger partial charge >= 0.3 is 0 Å². The number of benzene rings is 2. The second-order valence-electron chi connectivity index (χ2n) is 7.14. The molecule has 162 valence electrons. The van der Waals surface area contributed by atoms with Crippen molar-refractivity contribution in [1.29, 1.82) is 0 Å². The van der Waals surface area contributed by atoms with E-state index in [0.717, 1.165) is 22.9 Å². The number of rotatable bonds is 5. The fourth-order valence-corrected chi connectivity index (χ4v) is 4.35. The number of halogens is 2. The number of amides is 1. The molecule has 1 amide bonds. The molecule has 2 aromatic heterocycles. The predicted octanol–water partition coefficient (Wildman–Crippen LogP) is 5.44. The molecule has 0 aliphatic rings. The zero-order valence-electron chi connectivity index (χ0n) is 17.2. The number of nitrogens with zero attached hydrogens (tertiary/aromatic N) is 3. The lowest BCUT2D eigenvalue weighted by molar-refractivity contribution is -0.113. The number of fused-ring (bicyclic) bond motifs is 1. The highest BCUT2D eigenvalue weighted by molar-refractivity contribution is 7.99. The van der Waals surface area contributed by atoms with Crippen LogP contribution in [0, 0.1) is 13.8 Å². The van der Waals surface area contributed by atoms with Crippen LogP contribution in [-0.4, -0.2) is 26.2 Å². The Bertz CT molecular complexity index is 1400. The molecule has 1 N–H and O–H groups in total. The maximum absolute atomic E-state index is 13.3. The van der Waals surface area contributed by atoms with Gasteiger partial charge < -0.3 is 5.32 Å². The number of anilines is 1. The number of nitrogens with one attached hydrogen (secondary N) is 1. The number of aromatic nitrogens is 3. The quantitative estimate of drug-likeness (QED) is 0.301. The SMILES string of the molecule is Cc1ccc(-n2c(SCC(=O)Nc3ncc(Cl)cc3Cl)nc3ccccc3c2=O)cc1C. The van der Waals surface area contributed by atoms with Crippen LogP contribution in [-0.2, 0) is 4.79 Å². The van der Waals surface area contributed by atoms with E-state index in [2.05, 4.69) is 15.3 Å². The minimum atomic E-state index is -0.333. The monoisotopic (exact) mass is 484 g/mol. The molecule has 0 saturated heterocycles. The third kappa shape index (κ3) is 4.65. The second-order valence-corrected chi connectivity index (χ2v) is 8.93. The van der Waals surface area contributed by atoms with Crippen LogP contribution >= 0.6 is 35.0 Å². The summed E-state index contributed by atoms with van der Waals surface area (Å²) in [6.45, 7) is 4.00. The van der Waals surface area contributed by atoms with E-state index in [1.165, 1.54) is 12.3 Å². The van der Waals surface area contributed by atoms with E-state index in [-0.39, 0.29) is 28.1 Å². The normalized spacial score (nSPS) is 11.0. The number of hydrogen-bond donors (Lipinski definition) is 1. The standard InChI is InChI=1S/C23H18Cl2N4O2S/c1-13-7-8-16(9-14(13)2)29-22(31)17-5-3-4-6-19(17)27-23(29)32-12-20(30)28-21-18(25)10-15(24)11-26-21/h3-11H,12H2,1-2H3,(H,26,28,30). The molecule has 0 radical (unpaired) electrons. The zero-order chi connectivity index (χ0) is 22.8. The van der Waals surface area contributed by atoms with Gasteiger partial charge in [0.15, 0.2) is 11.0 Å². The van der Waals surface area contributed by atoms with E-state index in [4.69, 9.17) is 23.2 Å².